The van der Waals surface area contributed by atoms with Crippen LogP contribution in [0.5, 0.6) is 0 Å². The van der Waals surface area contributed by atoms with Gasteiger partial charge >= 0.3 is 5.97 Å². The summed E-state index contributed by atoms with van der Waals surface area (Å²) in [5.41, 5.74) is 0. The third-order valence-corrected chi connectivity index (χ3v) is 4.04. The van der Waals surface area contributed by atoms with Crippen molar-refractivity contribution in [1.82, 2.24) is 4.90 Å². The minimum absolute atomic E-state index is 0.116. The largest absolute Gasteiger partial charge is 0.481 e. The summed E-state index contributed by atoms with van der Waals surface area (Å²) >= 11 is 7.18. The van der Waals surface area contributed by atoms with Gasteiger partial charge in [0.2, 0.25) is 0 Å². The molecule has 1 saturated heterocycles. The van der Waals surface area contributed by atoms with Crippen molar-refractivity contribution in [2.75, 3.05) is 19.8 Å². The van der Waals surface area contributed by atoms with Crippen molar-refractivity contribution in [3.05, 3.63) is 21.3 Å². The van der Waals surface area contributed by atoms with Gasteiger partial charge in [0.05, 0.1) is 30.7 Å². The topological polar surface area (TPSA) is 66.8 Å². The number of ether oxygens (including phenoxy) is 1. The molecule has 0 radical (unpaired) electrons. The number of halogens is 1. The molecule has 1 N–H and O–H groups in total. The number of carbonyl (C=O) groups excluding carboxylic acids is 1. The van der Waals surface area contributed by atoms with Crippen LogP contribution >= 0.6 is 22.9 Å². The Balaban J connectivity index is 2.16. The molecule has 98 valence electrons. The third-order valence-electron chi connectivity index (χ3n) is 2.71. The Hall–Kier alpha value is -1.11. The van der Waals surface area contributed by atoms with Crippen molar-refractivity contribution >= 4 is 34.8 Å². The lowest BCUT2D eigenvalue weighted by molar-refractivity contribution is -0.139. The average Bonchev–Trinajstić information content (AvgIpc) is 2.74. The highest BCUT2D eigenvalue weighted by Gasteiger charge is 2.31. The Kier molecular flexibility index (Phi) is 4.21. The van der Waals surface area contributed by atoms with E-state index >= 15 is 0 Å². The molecule has 0 saturated carbocycles. The molecule has 0 bridgehead atoms. The summed E-state index contributed by atoms with van der Waals surface area (Å²) in [6, 6.07) is 1.23. The normalized spacial score (nSPS) is 19.8. The Morgan fingerprint density at radius 2 is 2.39 bits per heavy atom. The molecule has 18 heavy (non-hydrogen) atoms. The van der Waals surface area contributed by atoms with E-state index in [4.69, 9.17) is 21.4 Å². The van der Waals surface area contributed by atoms with Gasteiger partial charge < -0.3 is 14.7 Å². The predicted octanol–water partition coefficient (Wildman–Crippen LogP) is 1.72. The van der Waals surface area contributed by atoms with Gasteiger partial charge in [0.15, 0.2) is 0 Å². The molecule has 7 heteroatoms. The number of rotatable bonds is 3. The summed E-state index contributed by atoms with van der Waals surface area (Å²) in [6.07, 6.45) is -0.116. The van der Waals surface area contributed by atoms with Gasteiger partial charge in [-0.1, -0.05) is 11.6 Å². The van der Waals surface area contributed by atoms with Crippen LogP contribution in [0.25, 0.3) is 0 Å². The van der Waals surface area contributed by atoms with Crippen molar-refractivity contribution in [3.63, 3.8) is 0 Å². The number of hydrogen-bond acceptors (Lipinski definition) is 4. The fourth-order valence-corrected chi connectivity index (χ4v) is 2.96. The van der Waals surface area contributed by atoms with Crippen molar-refractivity contribution in [2.24, 2.45) is 0 Å². The fourth-order valence-electron chi connectivity index (χ4n) is 1.87. The summed E-state index contributed by atoms with van der Waals surface area (Å²) in [5, 5.41) is 11.0. The van der Waals surface area contributed by atoms with E-state index in [1.165, 1.54) is 16.2 Å². The van der Waals surface area contributed by atoms with Gasteiger partial charge in [-0.3, -0.25) is 9.59 Å². The summed E-state index contributed by atoms with van der Waals surface area (Å²) in [7, 11) is 0. The van der Waals surface area contributed by atoms with E-state index in [-0.39, 0.29) is 18.9 Å². The molecule has 1 fully saturated rings. The first-order chi connectivity index (χ1) is 8.59. The van der Waals surface area contributed by atoms with Crippen LogP contribution in [0.1, 0.15) is 16.1 Å². The minimum atomic E-state index is -0.944. The predicted molar refractivity (Wildman–Crippen MR) is 67.2 cm³/mol. The summed E-state index contributed by atoms with van der Waals surface area (Å²) in [4.78, 5) is 25.0. The monoisotopic (exact) mass is 289 g/mol. The molecule has 5 nitrogen and oxygen atoms in total. The van der Waals surface area contributed by atoms with Gasteiger partial charge in [0, 0.05) is 6.54 Å². The van der Waals surface area contributed by atoms with E-state index in [0.717, 1.165) is 0 Å². The Morgan fingerprint density at radius 3 is 3.00 bits per heavy atom. The van der Waals surface area contributed by atoms with Gasteiger partial charge in [0.25, 0.3) is 5.91 Å². The number of thiophene rings is 1. The second-order valence-corrected chi connectivity index (χ2v) is 5.25. The Labute approximate surface area is 113 Å². The van der Waals surface area contributed by atoms with E-state index in [2.05, 4.69) is 0 Å². The molecule has 2 heterocycles. The quantitative estimate of drug-likeness (QED) is 0.920. The van der Waals surface area contributed by atoms with Crippen LogP contribution in [-0.2, 0) is 9.53 Å². The number of aliphatic carboxylic acids is 1. The Morgan fingerprint density at radius 1 is 1.61 bits per heavy atom. The van der Waals surface area contributed by atoms with E-state index in [1.54, 1.807) is 11.4 Å². The first-order valence-electron chi connectivity index (χ1n) is 5.43. The lowest BCUT2D eigenvalue weighted by Gasteiger charge is -2.34. The van der Waals surface area contributed by atoms with Crippen LogP contribution in [0.3, 0.4) is 0 Å². The first kappa shape index (κ1) is 13.3. The average molecular weight is 290 g/mol. The number of hydrogen-bond donors (Lipinski definition) is 1. The second kappa shape index (κ2) is 5.69. The van der Waals surface area contributed by atoms with Gasteiger partial charge in [-0.25, -0.2) is 0 Å². The van der Waals surface area contributed by atoms with E-state index in [1.807, 2.05) is 0 Å². The highest BCUT2D eigenvalue weighted by atomic mass is 35.5. The van der Waals surface area contributed by atoms with Crippen LogP contribution in [0.15, 0.2) is 11.4 Å². The maximum Gasteiger partial charge on any atom is 0.305 e. The summed E-state index contributed by atoms with van der Waals surface area (Å²) in [6.45, 7) is 1.07. The molecule has 1 aliphatic rings. The molecule has 1 aliphatic heterocycles. The van der Waals surface area contributed by atoms with E-state index in [0.29, 0.717) is 23.1 Å². The molecule has 0 aliphatic carbocycles. The SMILES string of the molecule is O=C(O)C[C@H]1COCCN1C(=O)c1sccc1Cl. The van der Waals surface area contributed by atoms with Crippen molar-refractivity contribution < 1.29 is 19.4 Å². The minimum Gasteiger partial charge on any atom is -0.481 e. The Bertz CT molecular complexity index is 462. The van der Waals surface area contributed by atoms with Crippen molar-refractivity contribution in [3.8, 4) is 0 Å². The first-order valence-corrected chi connectivity index (χ1v) is 6.69. The van der Waals surface area contributed by atoms with Crippen LogP contribution in [-0.4, -0.2) is 47.7 Å². The van der Waals surface area contributed by atoms with Crippen LogP contribution in [0, 0.1) is 0 Å². The number of carbonyl (C=O) groups is 2. The zero-order valence-corrected chi connectivity index (χ0v) is 11.0. The zero-order chi connectivity index (χ0) is 13.1. The fraction of sp³-hybridized carbons (Fsp3) is 0.455. The number of amides is 1. The van der Waals surface area contributed by atoms with Crippen LogP contribution < -0.4 is 0 Å². The number of carboxylic acid groups (broad SMARTS) is 1. The molecule has 2 rings (SSSR count). The molecule has 1 aromatic rings. The standard InChI is InChI=1S/C11H12ClNO4S/c12-8-1-4-18-10(8)11(16)13-2-3-17-6-7(13)5-9(14)15/h1,4,7H,2-3,5-6H2,(H,14,15)/t7-/m0/s1. The maximum atomic E-state index is 12.3. The smallest absolute Gasteiger partial charge is 0.305 e. The molecular weight excluding hydrogens is 278 g/mol. The molecular formula is C11H12ClNO4S. The number of carboxylic acids is 1. The van der Waals surface area contributed by atoms with Gasteiger partial charge in [-0.15, -0.1) is 11.3 Å². The van der Waals surface area contributed by atoms with E-state index < -0.39 is 12.0 Å². The lowest BCUT2D eigenvalue weighted by Crippen LogP contribution is -2.49. The van der Waals surface area contributed by atoms with Gasteiger partial charge in [-0.05, 0) is 11.4 Å². The molecule has 1 atom stereocenters. The molecule has 0 unspecified atom stereocenters. The highest BCUT2D eigenvalue weighted by Crippen LogP contribution is 2.25. The molecule has 0 spiro atoms. The number of morpholine rings is 1. The van der Waals surface area contributed by atoms with Gasteiger partial charge in [0.1, 0.15) is 4.88 Å². The van der Waals surface area contributed by atoms with Crippen LogP contribution in [0.2, 0.25) is 5.02 Å². The summed E-state index contributed by atoms with van der Waals surface area (Å²) in [5.74, 6) is -1.16. The molecule has 1 amide bonds. The number of nitrogens with zero attached hydrogens (tertiary/aromatic N) is 1. The second-order valence-electron chi connectivity index (χ2n) is 3.92. The lowest BCUT2D eigenvalue weighted by atomic mass is 10.1. The van der Waals surface area contributed by atoms with Crippen LogP contribution in [0.4, 0.5) is 0 Å². The maximum absolute atomic E-state index is 12.3. The summed E-state index contributed by atoms with van der Waals surface area (Å²) < 4.78 is 5.22. The highest BCUT2D eigenvalue weighted by molar-refractivity contribution is 7.12. The van der Waals surface area contributed by atoms with Gasteiger partial charge in [-0.2, -0.15) is 0 Å². The van der Waals surface area contributed by atoms with Crippen molar-refractivity contribution in [2.45, 2.75) is 12.5 Å². The molecule has 0 aromatic carbocycles. The van der Waals surface area contributed by atoms with E-state index in [9.17, 15) is 9.59 Å². The molecule has 1 aromatic heterocycles. The van der Waals surface area contributed by atoms with Crippen molar-refractivity contribution in [1.29, 1.82) is 0 Å². The zero-order valence-electron chi connectivity index (χ0n) is 9.47. The third kappa shape index (κ3) is 2.82.